The predicted octanol–water partition coefficient (Wildman–Crippen LogP) is 1.95. The number of hydrogen-bond donors (Lipinski definition) is 0. The molecule has 0 aromatic heterocycles. The molecule has 0 fully saturated rings. The molecule has 4 nitrogen and oxygen atoms in total. The van der Waals surface area contributed by atoms with Gasteiger partial charge in [-0.3, -0.25) is 4.79 Å². The van der Waals surface area contributed by atoms with Gasteiger partial charge in [0.15, 0.2) is 6.29 Å². The van der Waals surface area contributed by atoms with Crippen molar-refractivity contribution in [3.63, 3.8) is 0 Å². The van der Waals surface area contributed by atoms with Crippen molar-refractivity contribution in [2.24, 2.45) is 0 Å². The molecule has 0 atom stereocenters. The molecule has 0 aliphatic heterocycles. The van der Waals surface area contributed by atoms with Gasteiger partial charge in [-0.15, -0.1) is 0 Å². The minimum Gasteiger partial charge on any atom is -0.298 e. The fraction of sp³-hybridized carbons (Fsp3) is 0. The topological polar surface area (TPSA) is 75.0 Å². The lowest BCUT2D eigenvalue weighted by Gasteiger charge is -2.02. The zero-order chi connectivity index (χ0) is 11.6. The molecule has 0 aliphatic rings. The van der Waals surface area contributed by atoms with Crippen molar-refractivity contribution in [1.82, 2.24) is 0 Å². The first-order chi connectivity index (χ1) is 6.90. The van der Waals surface area contributed by atoms with Gasteiger partial charge in [0.25, 0.3) is 9.05 Å². The molecule has 0 saturated carbocycles. The van der Waals surface area contributed by atoms with Crippen LogP contribution in [0.3, 0.4) is 0 Å². The number of nitriles is 1. The van der Waals surface area contributed by atoms with E-state index in [1.54, 1.807) is 6.07 Å². The first-order valence-electron chi connectivity index (χ1n) is 3.53. The largest absolute Gasteiger partial charge is 0.298 e. The lowest BCUT2D eigenvalue weighted by Crippen LogP contribution is -1.96. The molecule has 7 heteroatoms. The number of carbonyl (C=O) groups is 1. The SMILES string of the molecule is N#Cc1cc(S(=O)(=O)Cl)cc(C=O)c1Cl. The third-order valence-corrected chi connectivity index (χ3v) is 3.36. The Hall–Kier alpha value is -1.09. The van der Waals surface area contributed by atoms with Crippen molar-refractivity contribution in [1.29, 1.82) is 5.26 Å². The summed E-state index contributed by atoms with van der Waals surface area (Å²) in [5, 5.41) is 8.55. The molecule has 0 amide bonds. The van der Waals surface area contributed by atoms with E-state index in [1.807, 2.05) is 0 Å². The summed E-state index contributed by atoms with van der Waals surface area (Å²) in [6, 6.07) is 3.69. The van der Waals surface area contributed by atoms with Crippen LogP contribution in [0.25, 0.3) is 0 Å². The first kappa shape index (κ1) is 12.0. The van der Waals surface area contributed by atoms with Crippen LogP contribution in [0.2, 0.25) is 5.02 Å². The molecule has 0 heterocycles. The second-order valence-electron chi connectivity index (χ2n) is 2.54. The maximum absolute atomic E-state index is 11.0. The highest BCUT2D eigenvalue weighted by atomic mass is 35.7. The van der Waals surface area contributed by atoms with Crippen LogP contribution in [0.1, 0.15) is 15.9 Å². The van der Waals surface area contributed by atoms with Crippen LogP contribution in [-0.2, 0) is 9.05 Å². The Bertz CT molecular complexity index is 560. The van der Waals surface area contributed by atoms with E-state index < -0.39 is 9.05 Å². The summed E-state index contributed by atoms with van der Waals surface area (Å²) in [6.07, 6.45) is 0.356. The molecule has 0 saturated heterocycles. The molecule has 0 unspecified atom stereocenters. The van der Waals surface area contributed by atoms with E-state index in [0.29, 0.717) is 6.29 Å². The average molecular weight is 264 g/mol. The highest BCUT2D eigenvalue weighted by Crippen LogP contribution is 2.25. The fourth-order valence-electron chi connectivity index (χ4n) is 0.927. The number of carbonyl (C=O) groups excluding carboxylic acids is 1. The number of halogens is 2. The van der Waals surface area contributed by atoms with E-state index in [9.17, 15) is 13.2 Å². The highest BCUT2D eigenvalue weighted by molar-refractivity contribution is 8.13. The van der Waals surface area contributed by atoms with Gasteiger partial charge in [0.2, 0.25) is 0 Å². The minimum atomic E-state index is -3.98. The highest BCUT2D eigenvalue weighted by Gasteiger charge is 2.16. The second-order valence-corrected chi connectivity index (χ2v) is 5.49. The zero-order valence-corrected chi connectivity index (χ0v) is 9.40. The van der Waals surface area contributed by atoms with E-state index >= 15 is 0 Å². The lowest BCUT2D eigenvalue weighted by molar-refractivity contribution is 0.112. The smallest absolute Gasteiger partial charge is 0.261 e. The van der Waals surface area contributed by atoms with Crippen LogP contribution in [0, 0.1) is 11.3 Å². The Kier molecular flexibility index (Phi) is 3.35. The number of aldehydes is 1. The Morgan fingerprint density at radius 1 is 1.40 bits per heavy atom. The summed E-state index contributed by atoms with van der Waals surface area (Å²) in [7, 11) is 1.09. The van der Waals surface area contributed by atoms with E-state index in [2.05, 4.69) is 0 Å². The molecule has 1 aromatic rings. The van der Waals surface area contributed by atoms with E-state index in [1.165, 1.54) is 0 Å². The molecular formula is C8H3Cl2NO3S. The summed E-state index contributed by atoms with van der Waals surface area (Å²) in [6.45, 7) is 0. The van der Waals surface area contributed by atoms with Gasteiger partial charge in [0.1, 0.15) is 6.07 Å². The van der Waals surface area contributed by atoms with Gasteiger partial charge >= 0.3 is 0 Å². The standard InChI is InChI=1S/C8H3Cl2NO3S/c9-8-5(3-11)1-7(15(10,13)14)2-6(8)4-12/h1-2,4H. The quantitative estimate of drug-likeness (QED) is 0.604. The number of nitrogens with zero attached hydrogens (tertiary/aromatic N) is 1. The molecule has 0 aliphatic carbocycles. The van der Waals surface area contributed by atoms with Gasteiger partial charge in [0.05, 0.1) is 15.5 Å². The van der Waals surface area contributed by atoms with E-state index in [-0.39, 0.29) is 21.0 Å². The van der Waals surface area contributed by atoms with E-state index in [4.69, 9.17) is 27.5 Å². The summed E-state index contributed by atoms with van der Waals surface area (Å²) >= 11 is 5.64. The molecule has 0 N–H and O–H groups in total. The maximum Gasteiger partial charge on any atom is 0.261 e. The molecule has 15 heavy (non-hydrogen) atoms. The molecule has 1 rings (SSSR count). The van der Waals surface area contributed by atoms with Crippen LogP contribution in [0.15, 0.2) is 17.0 Å². The van der Waals surface area contributed by atoms with Gasteiger partial charge in [0, 0.05) is 16.2 Å². The summed E-state index contributed by atoms with van der Waals surface area (Å²) in [5.74, 6) is 0. The van der Waals surface area contributed by atoms with Crippen LogP contribution < -0.4 is 0 Å². The third-order valence-electron chi connectivity index (χ3n) is 1.60. The average Bonchev–Trinajstić information content (AvgIpc) is 2.16. The monoisotopic (exact) mass is 263 g/mol. The predicted molar refractivity (Wildman–Crippen MR) is 54.6 cm³/mol. The minimum absolute atomic E-state index is 0.0865. The summed E-state index contributed by atoms with van der Waals surface area (Å²) in [4.78, 5) is 10.2. The van der Waals surface area contributed by atoms with Crippen LogP contribution in [0.4, 0.5) is 0 Å². The van der Waals surface area contributed by atoms with Crippen LogP contribution >= 0.6 is 22.3 Å². The molecule has 0 radical (unpaired) electrons. The number of benzene rings is 1. The van der Waals surface area contributed by atoms with Crippen molar-refractivity contribution >= 4 is 37.6 Å². The number of hydrogen-bond acceptors (Lipinski definition) is 4. The summed E-state index contributed by atoms with van der Waals surface area (Å²) < 4.78 is 22.0. The van der Waals surface area contributed by atoms with Crippen molar-refractivity contribution < 1.29 is 13.2 Å². The van der Waals surface area contributed by atoms with Crippen LogP contribution in [-0.4, -0.2) is 14.7 Å². The Morgan fingerprint density at radius 3 is 2.40 bits per heavy atom. The van der Waals surface area contributed by atoms with Gasteiger partial charge in [-0.05, 0) is 12.1 Å². The van der Waals surface area contributed by atoms with Crippen molar-refractivity contribution in [2.45, 2.75) is 4.90 Å². The second kappa shape index (κ2) is 4.19. The normalized spacial score (nSPS) is 10.7. The number of rotatable bonds is 2. The Morgan fingerprint density at radius 2 is 2.00 bits per heavy atom. The van der Waals surface area contributed by atoms with Crippen molar-refractivity contribution in [3.05, 3.63) is 28.3 Å². The van der Waals surface area contributed by atoms with Crippen molar-refractivity contribution in [3.8, 4) is 6.07 Å². The van der Waals surface area contributed by atoms with Gasteiger partial charge < -0.3 is 0 Å². The van der Waals surface area contributed by atoms with Gasteiger partial charge in [-0.2, -0.15) is 5.26 Å². The molecule has 1 aromatic carbocycles. The van der Waals surface area contributed by atoms with Crippen molar-refractivity contribution in [2.75, 3.05) is 0 Å². The van der Waals surface area contributed by atoms with Crippen LogP contribution in [0.5, 0.6) is 0 Å². The first-order valence-corrected chi connectivity index (χ1v) is 6.22. The summed E-state index contributed by atoms with van der Waals surface area (Å²) in [5.41, 5.74) is -0.199. The lowest BCUT2D eigenvalue weighted by atomic mass is 10.1. The maximum atomic E-state index is 11.0. The Labute approximate surface area is 95.5 Å². The third kappa shape index (κ3) is 2.48. The molecule has 0 bridgehead atoms. The zero-order valence-electron chi connectivity index (χ0n) is 7.07. The van der Waals surface area contributed by atoms with Gasteiger partial charge in [-0.25, -0.2) is 8.42 Å². The van der Waals surface area contributed by atoms with E-state index in [0.717, 1.165) is 12.1 Å². The Balaban J connectivity index is 3.63. The molecule has 78 valence electrons. The van der Waals surface area contributed by atoms with Gasteiger partial charge in [-0.1, -0.05) is 11.6 Å². The fourth-order valence-corrected chi connectivity index (χ4v) is 1.92. The molecule has 0 spiro atoms. The molecular weight excluding hydrogens is 261 g/mol.